The summed E-state index contributed by atoms with van der Waals surface area (Å²) in [5.74, 6) is -0.811. The van der Waals surface area contributed by atoms with Crippen LogP contribution in [0.1, 0.15) is 6.92 Å². The summed E-state index contributed by atoms with van der Waals surface area (Å²) in [4.78, 5) is 11.3. The second-order valence-corrected chi connectivity index (χ2v) is 7.90. The van der Waals surface area contributed by atoms with E-state index >= 15 is 0 Å². The summed E-state index contributed by atoms with van der Waals surface area (Å²) >= 11 is 0.813. The molecule has 0 saturated carbocycles. The molecule has 1 amide bonds. The Balaban J connectivity index is 2.21. The Morgan fingerprint density at radius 1 is 1.21 bits per heavy atom. The standard InChI is InChI=1S/C14H13F2NO5S2/c1-8(18)13(19)17-11-6-7-12(23-11)24(20,21)10-4-2-9(3-5-10)22-14(15)16/h2-8,14,18H,1H3,(H,17,19). The van der Waals surface area contributed by atoms with Crippen LogP contribution >= 0.6 is 11.3 Å². The first-order valence-electron chi connectivity index (χ1n) is 6.59. The van der Waals surface area contributed by atoms with Gasteiger partial charge in [0.1, 0.15) is 16.1 Å². The third-order valence-corrected chi connectivity index (χ3v) is 6.09. The van der Waals surface area contributed by atoms with E-state index in [1.165, 1.54) is 19.1 Å². The monoisotopic (exact) mass is 377 g/mol. The van der Waals surface area contributed by atoms with Crippen molar-refractivity contribution in [3.05, 3.63) is 36.4 Å². The summed E-state index contributed by atoms with van der Waals surface area (Å²) < 4.78 is 53.2. The van der Waals surface area contributed by atoms with Crippen molar-refractivity contribution in [2.24, 2.45) is 0 Å². The van der Waals surface area contributed by atoms with Crippen molar-refractivity contribution >= 4 is 32.1 Å². The minimum atomic E-state index is -3.86. The molecule has 0 aliphatic rings. The molecule has 0 bridgehead atoms. The van der Waals surface area contributed by atoms with E-state index in [9.17, 15) is 22.0 Å². The molecule has 1 unspecified atom stereocenters. The van der Waals surface area contributed by atoms with Crippen molar-refractivity contribution < 1.29 is 31.8 Å². The van der Waals surface area contributed by atoms with Crippen LogP contribution in [-0.4, -0.2) is 32.1 Å². The SMILES string of the molecule is CC(O)C(=O)Nc1ccc(S(=O)(=O)c2ccc(OC(F)F)cc2)s1. The molecule has 1 aromatic heterocycles. The molecule has 0 radical (unpaired) electrons. The summed E-state index contributed by atoms with van der Waals surface area (Å²) in [6, 6.07) is 7.26. The van der Waals surface area contributed by atoms with Gasteiger partial charge in [-0.3, -0.25) is 4.79 Å². The molecule has 24 heavy (non-hydrogen) atoms. The zero-order chi connectivity index (χ0) is 17.9. The van der Waals surface area contributed by atoms with Gasteiger partial charge in [-0.1, -0.05) is 0 Å². The van der Waals surface area contributed by atoms with Gasteiger partial charge in [0, 0.05) is 0 Å². The zero-order valence-electron chi connectivity index (χ0n) is 12.3. The molecule has 1 heterocycles. The molecule has 1 aromatic carbocycles. The van der Waals surface area contributed by atoms with Crippen LogP contribution in [0.2, 0.25) is 0 Å². The summed E-state index contributed by atoms with van der Waals surface area (Å²) in [6.07, 6.45) is -1.23. The minimum Gasteiger partial charge on any atom is -0.435 e. The highest BCUT2D eigenvalue weighted by atomic mass is 32.2. The summed E-state index contributed by atoms with van der Waals surface area (Å²) in [6.45, 7) is -1.71. The van der Waals surface area contributed by atoms with Crippen molar-refractivity contribution in [3.8, 4) is 5.75 Å². The van der Waals surface area contributed by atoms with E-state index in [2.05, 4.69) is 10.1 Å². The summed E-state index contributed by atoms with van der Waals surface area (Å²) in [7, 11) is -3.86. The average molecular weight is 377 g/mol. The second kappa shape index (κ2) is 7.24. The second-order valence-electron chi connectivity index (χ2n) is 4.64. The lowest BCUT2D eigenvalue weighted by Crippen LogP contribution is -2.23. The van der Waals surface area contributed by atoms with Crippen LogP contribution in [-0.2, 0) is 14.6 Å². The number of nitrogens with one attached hydrogen (secondary N) is 1. The number of rotatable bonds is 6. The fourth-order valence-corrected chi connectivity index (χ4v) is 4.29. The van der Waals surface area contributed by atoms with E-state index in [1.807, 2.05) is 0 Å². The third kappa shape index (κ3) is 4.28. The molecule has 10 heteroatoms. The zero-order valence-corrected chi connectivity index (χ0v) is 13.9. The molecular weight excluding hydrogens is 364 g/mol. The van der Waals surface area contributed by atoms with Crippen molar-refractivity contribution in [2.75, 3.05) is 5.32 Å². The van der Waals surface area contributed by atoms with Gasteiger partial charge in [-0.05, 0) is 43.3 Å². The number of aliphatic hydroxyl groups excluding tert-OH is 1. The topological polar surface area (TPSA) is 92.7 Å². The molecule has 0 spiro atoms. The fourth-order valence-electron chi connectivity index (χ4n) is 1.67. The first kappa shape index (κ1) is 18.3. The smallest absolute Gasteiger partial charge is 0.387 e. The largest absolute Gasteiger partial charge is 0.435 e. The van der Waals surface area contributed by atoms with Gasteiger partial charge in [0.05, 0.1) is 9.90 Å². The Morgan fingerprint density at radius 2 is 1.83 bits per heavy atom. The van der Waals surface area contributed by atoms with E-state index in [-0.39, 0.29) is 19.9 Å². The number of carbonyl (C=O) groups excluding carboxylic acids is 1. The number of hydrogen-bond donors (Lipinski definition) is 2. The van der Waals surface area contributed by atoms with Crippen LogP contribution in [0, 0.1) is 0 Å². The average Bonchev–Trinajstić information content (AvgIpc) is 2.96. The molecule has 2 rings (SSSR count). The Labute approximate surface area is 140 Å². The van der Waals surface area contributed by atoms with Gasteiger partial charge in [0.2, 0.25) is 9.84 Å². The highest BCUT2D eigenvalue weighted by Gasteiger charge is 2.21. The van der Waals surface area contributed by atoms with Gasteiger partial charge < -0.3 is 15.2 Å². The lowest BCUT2D eigenvalue weighted by molar-refractivity contribution is -0.123. The Bertz CT molecular complexity index is 816. The molecule has 0 aliphatic heterocycles. The van der Waals surface area contributed by atoms with Crippen LogP contribution in [0.3, 0.4) is 0 Å². The van der Waals surface area contributed by atoms with Gasteiger partial charge in [-0.15, -0.1) is 11.3 Å². The number of carbonyl (C=O) groups is 1. The first-order valence-corrected chi connectivity index (χ1v) is 8.89. The van der Waals surface area contributed by atoms with Gasteiger partial charge in [-0.2, -0.15) is 8.78 Å². The number of anilines is 1. The van der Waals surface area contributed by atoms with Gasteiger partial charge >= 0.3 is 6.61 Å². The number of amides is 1. The van der Waals surface area contributed by atoms with Gasteiger partial charge in [0.15, 0.2) is 0 Å². The van der Waals surface area contributed by atoms with Crippen LogP contribution in [0.15, 0.2) is 45.5 Å². The third-order valence-electron chi connectivity index (χ3n) is 2.83. The van der Waals surface area contributed by atoms with Crippen molar-refractivity contribution in [1.29, 1.82) is 0 Å². The molecule has 6 nitrogen and oxygen atoms in total. The predicted molar refractivity (Wildman–Crippen MR) is 83.2 cm³/mol. The summed E-state index contributed by atoms with van der Waals surface area (Å²) in [5, 5.41) is 11.8. The van der Waals surface area contributed by atoms with E-state index in [1.54, 1.807) is 0 Å². The molecule has 0 aliphatic carbocycles. The molecule has 2 aromatic rings. The number of benzene rings is 1. The van der Waals surface area contributed by atoms with E-state index in [0.29, 0.717) is 0 Å². The number of sulfone groups is 1. The number of aliphatic hydroxyl groups is 1. The fraction of sp³-hybridized carbons (Fsp3) is 0.214. The maximum Gasteiger partial charge on any atom is 0.387 e. The number of alkyl halides is 2. The summed E-state index contributed by atoms with van der Waals surface area (Å²) in [5.41, 5.74) is 0. The normalized spacial score (nSPS) is 12.9. The Morgan fingerprint density at radius 3 is 2.38 bits per heavy atom. The van der Waals surface area contributed by atoms with Crippen LogP contribution in [0.25, 0.3) is 0 Å². The number of hydrogen-bond acceptors (Lipinski definition) is 6. The van der Waals surface area contributed by atoms with E-state index in [4.69, 9.17) is 5.11 Å². The molecule has 130 valence electrons. The molecule has 2 N–H and O–H groups in total. The molecule has 1 atom stereocenters. The highest BCUT2D eigenvalue weighted by molar-refractivity contribution is 7.93. The maximum absolute atomic E-state index is 12.5. The first-order chi connectivity index (χ1) is 11.2. The number of halogens is 2. The van der Waals surface area contributed by atoms with Gasteiger partial charge in [-0.25, -0.2) is 8.42 Å². The number of thiophene rings is 1. The maximum atomic E-state index is 12.5. The van der Waals surface area contributed by atoms with Crippen LogP contribution in [0.4, 0.5) is 13.8 Å². The van der Waals surface area contributed by atoms with Crippen molar-refractivity contribution in [2.45, 2.75) is 28.7 Å². The van der Waals surface area contributed by atoms with Crippen molar-refractivity contribution in [3.63, 3.8) is 0 Å². The highest BCUT2D eigenvalue weighted by Crippen LogP contribution is 2.31. The van der Waals surface area contributed by atoms with Crippen molar-refractivity contribution in [1.82, 2.24) is 0 Å². The predicted octanol–water partition coefficient (Wildman–Crippen LogP) is 2.50. The quantitative estimate of drug-likeness (QED) is 0.807. The minimum absolute atomic E-state index is 0.0362. The van der Waals surface area contributed by atoms with Crippen LogP contribution in [0.5, 0.6) is 5.75 Å². The van der Waals surface area contributed by atoms with Gasteiger partial charge in [0.25, 0.3) is 5.91 Å². The molecule has 0 fully saturated rings. The van der Waals surface area contributed by atoms with E-state index < -0.39 is 28.5 Å². The lowest BCUT2D eigenvalue weighted by atomic mass is 10.3. The molecule has 0 saturated heterocycles. The molecular formula is C14H13F2NO5S2. The number of ether oxygens (including phenoxy) is 1. The Kier molecular flexibility index (Phi) is 5.52. The Hall–Kier alpha value is -2.04. The van der Waals surface area contributed by atoms with Crippen LogP contribution < -0.4 is 10.1 Å². The lowest BCUT2D eigenvalue weighted by Gasteiger charge is -2.06. The van der Waals surface area contributed by atoms with E-state index in [0.717, 1.165) is 35.6 Å².